The average molecular weight is 370 g/mol. The zero-order valence-corrected chi connectivity index (χ0v) is 16.1. The van der Waals surface area contributed by atoms with Crippen molar-refractivity contribution < 1.29 is 14.3 Å². The highest BCUT2D eigenvalue weighted by atomic mass is 16.5. The molecular weight excluding hydrogens is 344 g/mol. The maximum Gasteiger partial charge on any atom is 0.344 e. The molecule has 2 N–H and O–H groups in total. The van der Waals surface area contributed by atoms with Crippen molar-refractivity contribution in [2.24, 2.45) is 5.92 Å². The van der Waals surface area contributed by atoms with Crippen LogP contribution in [0.5, 0.6) is 0 Å². The number of anilines is 1. The summed E-state index contributed by atoms with van der Waals surface area (Å²) in [6, 6.07) is 7.56. The summed E-state index contributed by atoms with van der Waals surface area (Å²) in [6.07, 6.45) is 1.69. The van der Waals surface area contributed by atoms with Crippen LogP contribution < -0.4 is 5.73 Å². The minimum atomic E-state index is -0.451. The van der Waals surface area contributed by atoms with Crippen molar-refractivity contribution in [3.05, 3.63) is 29.8 Å². The highest BCUT2D eigenvalue weighted by molar-refractivity contribution is 6.08. The number of hydrogen-bond acceptors (Lipinski definition) is 6. The van der Waals surface area contributed by atoms with Gasteiger partial charge in [-0.3, -0.25) is 0 Å². The molecule has 1 unspecified atom stereocenters. The number of aryl methyl sites for hydroxylation is 1. The van der Waals surface area contributed by atoms with Gasteiger partial charge in [0.05, 0.1) is 17.6 Å². The smallest absolute Gasteiger partial charge is 0.344 e. The fourth-order valence-corrected chi connectivity index (χ4v) is 2.92. The summed E-state index contributed by atoms with van der Waals surface area (Å²) in [7, 11) is 1.65. The molecule has 0 saturated heterocycles. The molecule has 2 heterocycles. The van der Waals surface area contributed by atoms with E-state index in [-0.39, 0.29) is 5.92 Å². The van der Waals surface area contributed by atoms with Gasteiger partial charge in [0.2, 0.25) is 0 Å². The lowest BCUT2D eigenvalue weighted by atomic mass is 10.1. The number of ether oxygens (including phenoxy) is 2. The van der Waals surface area contributed by atoms with Crippen molar-refractivity contribution in [1.29, 1.82) is 0 Å². The zero-order valence-electron chi connectivity index (χ0n) is 16.1. The molecule has 0 radical (unpaired) electrons. The Balaban J connectivity index is 2.08. The van der Waals surface area contributed by atoms with E-state index in [0.29, 0.717) is 42.3 Å². The summed E-state index contributed by atoms with van der Waals surface area (Å²) in [4.78, 5) is 22.1. The molecule has 2 aromatic heterocycles. The summed E-state index contributed by atoms with van der Waals surface area (Å²) in [5.41, 5.74) is 9.19. The molecule has 0 aliphatic heterocycles. The van der Waals surface area contributed by atoms with E-state index < -0.39 is 5.97 Å². The summed E-state index contributed by atoms with van der Waals surface area (Å²) in [5.74, 6) is 0.176. The molecule has 144 valence electrons. The summed E-state index contributed by atoms with van der Waals surface area (Å²) in [5, 5.41) is 0. The van der Waals surface area contributed by atoms with Gasteiger partial charge in [-0.05, 0) is 24.5 Å². The number of hydrogen-bond donors (Lipinski definition) is 1. The van der Waals surface area contributed by atoms with Crippen LogP contribution in [0.4, 0.5) is 5.82 Å². The predicted octanol–water partition coefficient (Wildman–Crippen LogP) is 3.41. The number of fused-ring (bicyclic) bond motifs is 2. The van der Waals surface area contributed by atoms with Crippen LogP contribution in [0.15, 0.2) is 24.3 Å². The fourth-order valence-electron chi connectivity index (χ4n) is 2.92. The molecule has 0 bridgehead atoms. The molecule has 7 nitrogen and oxygen atoms in total. The van der Waals surface area contributed by atoms with E-state index in [1.807, 2.05) is 35.8 Å². The summed E-state index contributed by atoms with van der Waals surface area (Å²) >= 11 is 0. The number of benzene rings is 1. The number of carbonyl (C=O) groups excluding carboxylic acids is 1. The first-order chi connectivity index (χ1) is 13.1. The van der Waals surface area contributed by atoms with Crippen LogP contribution in [0, 0.1) is 5.92 Å². The molecule has 0 amide bonds. The number of esters is 1. The van der Waals surface area contributed by atoms with Gasteiger partial charge in [0, 0.05) is 20.3 Å². The van der Waals surface area contributed by atoms with Gasteiger partial charge in [-0.1, -0.05) is 32.4 Å². The highest BCUT2D eigenvalue weighted by Gasteiger charge is 2.25. The lowest BCUT2D eigenvalue weighted by Crippen LogP contribution is -2.14. The normalized spacial score (nSPS) is 12.6. The molecule has 0 aliphatic carbocycles. The number of nitrogens with two attached hydrogens (primary N) is 1. The Kier molecular flexibility index (Phi) is 5.91. The van der Waals surface area contributed by atoms with Crippen LogP contribution in [0.2, 0.25) is 0 Å². The van der Waals surface area contributed by atoms with Gasteiger partial charge in [0.25, 0.3) is 0 Å². The lowest BCUT2D eigenvalue weighted by Gasteiger charge is -2.10. The van der Waals surface area contributed by atoms with Crippen molar-refractivity contribution >= 4 is 34.0 Å². The second-order valence-corrected chi connectivity index (χ2v) is 6.75. The van der Waals surface area contributed by atoms with E-state index in [1.54, 1.807) is 7.11 Å². The number of rotatable bonds is 8. The van der Waals surface area contributed by atoms with Crippen molar-refractivity contribution in [1.82, 2.24) is 14.5 Å². The SMILES string of the molecule is CCC(C)COC(=O)c1c(N)n(CCCOC)c2nc3ccccc3nc12. The molecule has 0 saturated carbocycles. The standard InChI is InChI=1S/C20H26N4O3/c1-4-13(2)12-27-20(25)16-17-19(24(18(16)21)10-7-11-26-3)23-15-9-6-5-8-14(15)22-17/h5-6,8-9,13H,4,7,10-12,21H2,1-3H3. The Bertz CT molecular complexity index is 951. The molecule has 3 rings (SSSR count). The van der Waals surface area contributed by atoms with Gasteiger partial charge in [-0.15, -0.1) is 0 Å². The van der Waals surface area contributed by atoms with Crippen LogP contribution in [0.25, 0.3) is 22.2 Å². The molecule has 1 aromatic carbocycles. The topological polar surface area (TPSA) is 92.3 Å². The van der Waals surface area contributed by atoms with Gasteiger partial charge in [-0.25, -0.2) is 14.8 Å². The predicted molar refractivity (Wildman–Crippen MR) is 106 cm³/mol. The largest absolute Gasteiger partial charge is 0.462 e. The van der Waals surface area contributed by atoms with E-state index >= 15 is 0 Å². The van der Waals surface area contributed by atoms with Gasteiger partial charge in [0.15, 0.2) is 5.65 Å². The van der Waals surface area contributed by atoms with Gasteiger partial charge < -0.3 is 19.8 Å². The first-order valence-electron chi connectivity index (χ1n) is 9.27. The van der Waals surface area contributed by atoms with Gasteiger partial charge in [0.1, 0.15) is 16.9 Å². The number of nitrogens with zero attached hydrogens (tertiary/aromatic N) is 3. The fraction of sp³-hybridized carbons (Fsp3) is 0.450. The number of aromatic nitrogens is 3. The average Bonchev–Trinajstić information content (AvgIpc) is 2.95. The van der Waals surface area contributed by atoms with Crippen LogP contribution in [-0.4, -0.2) is 40.8 Å². The first-order valence-corrected chi connectivity index (χ1v) is 9.27. The molecule has 0 fully saturated rings. The third-order valence-electron chi connectivity index (χ3n) is 4.72. The minimum absolute atomic E-state index is 0.289. The monoisotopic (exact) mass is 370 g/mol. The summed E-state index contributed by atoms with van der Waals surface area (Å²) < 4.78 is 12.5. The Morgan fingerprint density at radius 3 is 2.63 bits per heavy atom. The van der Waals surface area contributed by atoms with Crippen molar-refractivity contribution in [3.8, 4) is 0 Å². The van der Waals surface area contributed by atoms with E-state index in [0.717, 1.165) is 23.9 Å². The lowest BCUT2D eigenvalue weighted by molar-refractivity contribution is 0.0450. The van der Waals surface area contributed by atoms with Crippen molar-refractivity contribution in [3.63, 3.8) is 0 Å². The zero-order chi connectivity index (χ0) is 19.4. The quantitative estimate of drug-likeness (QED) is 0.482. The van der Waals surface area contributed by atoms with Crippen LogP contribution in [0.1, 0.15) is 37.0 Å². The van der Waals surface area contributed by atoms with E-state index in [2.05, 4.69) is 11.9 Å². The van der Waals surface area contributed by atoms with Crippen LogP contribution in [-0.2, 0) is 16.0 Å². The van der Waals surface area contributed by atoms with Gasteiger partial charge in [-0.2, -0.15) is 0 Å². The highest BCUT2D eigenvalue weighted by Crippen LogP contribution is 2.29. The molecule has 27 heavy (non-hydrogen) atoms. The first kappa shape index (κ1) is 19.1. The van der Waals surface area contributed by atoms with Crippen molar-refractivity contribution in [2.45, 2.75) is 33.2 Å². The maximum absolute atomic E-state index is 12.8. The Hall–Kier alpha value is -2.67. The Morgan fingerprint density at radius 1 is 1.26 bits per heavy atom. The van der Waals surface area contributed by atoms with E-state index in [4.69, 9.17) is 20.2 Å². The summed E-state index contributed by atoms with van der Waals surface area (Å²) in [6.45, 7) is 5.63. The molecule has 3 aromatic rings. The third kappa shape index (κ3) is 3.88. The van der Waals surface area contributed by atoms with Crippen molar-refractivity contribution in [2.75, 3.05) is 26.1 Å². The molecule has 1 atom stereocenters. The molecule has 0 aliphatic rings. The van der Waals surface area contributed by atoms with E-state index in [9.17, 15) is 4.79 Å². The number of para-hydroxylation sites is 2. The molecule has 0 spiro atoms. The second kappa shape index (κ2) is 8.35. The molecular formula is C20H26N4O3. The maximum atomic E-state index is 12.8. The molecule has 7 heteroatoms. The van der Waals surface area contributed by atoms with Gasteiger partial charge >= 0.3 is 5.97 Å². The number of methoxy groups -OCH3 is 1. The van der Waals surface area contributed by atoms with E-state index in [1.165, 1.54) is 0 Å². The van der Waals surface area contributed by atoms with Crippen LogP contribution in [0.3, 0.4) is 0 Å². The third-order valence-corrected chi connectivity index (χ3v) is 4.72. The second-order valence-electron chi connectivity index (χ2n) is 6.75. The number of nitrogen functional groups attached to an aromatic ring is 1. The number of carbonyl (C=O) groups is 1. The Labute approximate surface area is 158 Å². The Morgan fingerprint density at radius 2 is 1.96 bits per heavy atom. The van der Waals surface area contributed by atoms with Crippen LogP contribution >= 0.6 is 0 Å². The minimum Gasteiger partial charge on any atom is -0.462 e.